The monoisotopic (exact) mass is 642 g/mol. The van der Waals surface area contributed by atoms with Crippen molar-refractivity contribution in [3.05, 3.63) is 63.8 Å². The van der Waals surface area contributed by atoms with Crippen molar-refractivity contribution < 1.29 is 19.1 Å². The van der Waals surface area contributed by atoms with Gasteiger partial charge in [-0.2, -0.15) is 4.98 Å². The number of amides is 2. The molecule has 43 heavy (non-hydrogen) atoms. The number of anilines is 1. The molecule has 1 N–H and O–H groups in total. The Bertz CT molecular complexity index is 1870. The van der Waals surface area contributed by atoms with Crippen LogP contribution >= 0.6 is 15.9 Å². The molecule has 5 heterocycles. The molecule has 0 unspecified atom stereocenters. The number of aryl methyl sites for hydroxylation is 2. The number of Topliss-reactive ketones (excluding diaryl/α,β-unsaturated/α-hetero) is 1. The van der Waals surface area contributed by atoms with Crippen molar-refractivity contribution >= 4 is 50.2 Å². The highest BCUT2D eigenvalue weighted by Gasteiger charge is 2.64. The molecule has 4 aromatic rings. The first-order valence-electron chi connectivity index (χ1n) is 14.4. The number of halogens is 1. The third-order valence-corrected chi connectivity index (χ3v) is 9.54. The van der Waals surface area contributed by atoms with Crippen LogP contribution in [0.25, 0.3) is 22.0 Å². The maximum Gasteiger partial charge on any atom is 0.248 e. The van der Waals surface area contributed by atoms with E-state index in [2.05, 4.69) is 43.1 Å². The number of ether oxygens (including phenoxy) is 1. The molecule has 2 fully saturated rings. The van der Waals surface area contributed by atoms with Crippen molar-refractivity contribution in [2.45, 2.75) is 65.6 Å². The van der Waals surface area contributed by atoms with Gasteiger partial charge in [0.1, 0.15) is 28.8 Å². The number of aromatic nitrogens is 4. The lowest BCUT2D eigenvalue weighted by atomic mass is 9.96. The highest BCUT2D eigenvalue weighted by atomic mass is 79.9. The third-order valence-electron chi connectivity index (χ3n) is 9.10. The summed E-state index contributed by atoms with van der Waals surface area (Å²) in [4.78, 5) is 55.4. The van der Waals surface area contributed by atoms with Gasteiger partial charge in [0.25, 0.3) is 0 Å². The SMILES string of the molecule is CC(=O)c1cn(CC(=O)N2[C@H](C(=O)Nc3nc(Br)ccc3C)C[C@@]3(C)C[C@@H]23)c2cc3c(cc12)-c1cnc(C)nc1OCC3. The molecule has 3 atom stereocenters. The molecule has 10 nitrogen and oxygen atoms in total. The maximum atomic E-state index is 14.0. The second kappa shape index (κ2) is 9.97. The number of pyridine rings is 1. The number of nitrogens with one attached hydrogen (secondary N) is 1. The fourth-order valence-corrected chi connectivity index (χ4v) is 6.98. The molecule has 0 spiro atoms. The average Bonchev–Trinajstić information content (AvgIpc) is 3.41. The molecule has 1 aromatic carbocycles. The Morgan fingerprint density at radius 1 is 1.14 bits per heavy atom. The van der Waals surface area contributed by atoms with Crippen LogP contribution in [0, 0.1) is 19.3 Å². The Balaban J connectivity index is 1.23. The normalized spacial score (nSPS) is 21.8. The molecule has 1 aliphatic carbocycles. The van der Waals surface area contributed by atoms with Crippen molar-refractivity contribution in [1.29, 1.82) is 0 Å². The number of benzene rings is 1. The molecule has 1 saturated heterocycles. The molecule has 3 aliphatic rings. The van der Waals surface area contributed by atoms with Gasteiger partial charge in [-0.25, -0.2) is 9.97 Å². The van der Waals surface area contributed by atoms with Crippen LogP contribution in [-0.4, -0.2) is 60.7 Å². The van der Waals surface area contributed by atoms with Crippen molar-refractivity contribution in [1.82, 2.24) is 24.4 Å². The predicted octanol–water partition coefficient (Wildman–Crippen LogP) is 5.03. The van der Waals surface area contributed by atoms with Gasteiger partial charge >= 0.3 is 0 Å². The molecular formula is C32H31BrN6O4. The molecule has 0 radical (unpaired) electrons. The van der Waals surface area contributed by atoms with Crippen LogP contribution in [-0.2, 0) is 22.6 Å². The van der Waals surface area contributed by atoms with E-state index in [1.807, 2.05) is 42.7 Å². The molecule has 2 amide bonds. The van der Waals surface area contributed by atoms with E-state index < -0.39 is 6.04 Å². The van der Waals surface area contributed by atoms with Crippen LogP contribution in [0.5, 0.6) is 5.88 Å². The van der Waals surface area contributed by atoms with E-state index in [9.17, 15) is 14.4 Å². The lowest BCUT2D eigenvalue weighted by molar-refractivity contribution is -0.138. The average molecular weight is 644 g/mol. The lowest BCUT2D eigenvalue weighted by Gasteiger charge is -2.27. The van der Waals surface area contributed by atoms with Gasteiger partial charge in [-0.3, -0.25) is 14.4 Å². The maximum absolute atomic E-state index is 14.0. The number of likely N-dealkylation sites (tertiary alicyclic amines) is 1. The fraction of sp³-hybridized carbons (Fsp3) is 0.375. The summed E-state index contributed by atoms with van der Waals surface area (Å²) < 4.78 is 8.41. The van der Waals surface area contributed by atoms with Crippen LogP contribution in [0.4, 0.5) is 5.82 Å². The molecule has 7 rings (SSSR count). The first kappa shape index (κ1) is 27.7. The quantitative estimate of drug-likeness (QED) is 0.240. The van der Waals surface area contributed by atoms with Crippen molar-refractivity contribution in [2.75, 3.05) is 11.9 Å². The first-order chi connectivity index (χ1) is 20.5. The number of nitrogens with zero attached hydrogens (tertiary/aromatic N) is 5. The number of hydrogen-bond donors (Lipinski definition) is 1. The van der Waals surface area contributed by atoms with Crippen molar-refractivity contribution in [2.24, 2.45) is 5.41 Å². The fourth-order valence-electron chi connectivity index (χ4n) is 6.67. The summed E-state index contributed by atoms with van der Waals surface area (Å²) in [5.74, 6) is 1.16. The molecule has 1 saturated carbocycles. The van der Waals surface area contributed by atoms with E-state index in [1.54, 1.807) is 17.3 Å². The van der Waals surface area contributed by atoms with Crippen LogP contribution < -0.4 is 10.1 Å². The lowest BCUT2D eigenvalue weighted by Crippen LogP contribution is -2.46. The first-order valence-corrected chi connectivity index (χ1v) is 15.2. The number of rotatable bonds is 5. The Hall–Kier alpha value is -4.12. The smallest absolute Gasteiger partial charge is 0.248 e. The summed E-state index contributed by atoms with van der Waals surface area (Å²) in [6.07, 6.45) is 5.64. The van der Waals surface area contributed by atoms with E-state index in [-0.39, 0.29) is 35.6 Å². The number of ketones is 1. The van der Waals surface area contributed by atoms with Gasteiger partial charge in [0, 0.05) is 41.3 Å². The van der Waals surface area contributed by atoms with Gasteiger partial charge in [0.2, 0.25) is 17.7 Å². The van der Waals surface area contributed by atoms with Gasteiger partial charge in [-0.1, -0.05) is 13.0 Å². The second-order valence-corrected chi connectivity index (χ2v) is 13.0. The van der Waals surface area contributed by atoms with Crippen LogP contribution in [0.15, 0.2) is 41.3 Å². The zero-order valence-electron chi connectivity index (χ0n) is 24.4. The number of carbonyl (C=O) groups excluding carboxylic acids is 3. The molecule has 3 aromatic heterocycles. The highest BCUT2D eigenvalue weighted by Crippen LogP contribution is 2.59. The van der Waals surface area contributed by atoms with Gasteiger partial charge in [-0.15, -0.1) is 0 Å². The highest BCUT2D eigenvalue weighted by molar-refractivity contribution is 9.10. The Morgan fingerprint density at radius 3 is 2.74 bits per heavy atom. The van der Waals surface area contributed by atoms with Gasteiger partial charge < -0.3 is 19.5 Å². The van der Waals surface area contributed by atoms with Crippen LogP contribution in [0.1, 0.15) is 54.0 Å². The molecule has 0 bridgehead atoms. The molecule has 11 heteroatoms. The van der Waals surface area contributed by atoms with E-state index in [1.165, 1.54) is 6.92 Å². The summed E-state index contributed by atoms with van der Waals surface area (Å²) in [6.45, 7) is 7.84. The minimum atomic E-state index is -0.598. The standard InChI is InChI=1S/C32H31BrN6O4/c1-16-5-6-27(33)36-29(16)37-30(42)25-11-32(4)12-26(32)39(25)28(41)15-38-14-23(17(2)40)21-10-20-19(9-24(21)38)7-8-43-31-22(20)13-34-18(3)35-31/h5-6,9-10,13-14,25-26H,7-8,11-12,15H2,1-4H3,(H,36,37,42)/t25-,26+,32-/m0/s1. The minimum Gasteiger partial charge on any atom is -0.477 e. The van der Waals surface area contributed by atoms with E-state index in [4.69, 9.17) is 4.74 Å². The van der Waals surface area contributed by atoms with E-state index >= 15 is 0 Å². The largest absolute Gasteiger partial charge is 0.477 e. The summed E-state index contributed by atoms with van der Waals surface area (Å²) in [7, 11) is 0. The third kappa shape index (κ3) is 4.70. The summed E-state index contributed by atoms with van der Waals surface area (Å²) in [5, 5.41) is 3.71. The summed E-state index contributed by atoms with van der Waals surface area (Å²) in [5.41, 5.74) is 4.83. The number of fused-ring (bicyclic) bond motifs is 5. The van der Waals surface area contributed by atoms with Gasteiger partial charge in [-0.05, 0) is 89.8 Å². The van der Waals surface area contributed by atoms with Crippen LogP contribution in [0.2, 0.25) is 0 Å². The zero-order chi connectivity index (χ0) is 30.2. The topological polar surface area (TPSA) is 119 Å². The van der Waals surface area contributed by atoms with Crippen LogP contribution in [0.3, 0.4) is 0 Å². The van der Waals surface area contributed by atoms with E-state index in [0.717, 1.165) is 39.6 Å². The van der Waals surface area contributed by atoms with Crippen molar-refractivity contribution in [3.8, 4) is 17.0 Å². The predicted molar refractivity (Wildman–Crippen MR) is 164 cm³/mol. The van der Waals surface area contributed by atoms with E-state index in [0.29, 0.717) is 47.1 Å². The molecular weight excluding hydrogens is 612 g/mol. The minimum absolute atomic E-state index is 0.00907. The number of hydrogen-bond acceptors (Lipinski definition) is 7. The zero-order valence-corrected chi connectivity index (χ0v) is 26.0. The molecule has 220 valence electrons. The Labute approximate surface area is 257 Å². The number of carbonyl (C=O) groups is 3. The summed E-state index contributed by atoms with van der Waals surface area (Å²) in [6, 6.07) is 7.15. The van der Waals surface area contributed by atoms with Gasteiger partial charge in [0.05, 0.1) is 12.2 Å². The van der Waals surface area contributed by atoms with Gasteiger partial charge in [0.15, 0.2) is 5.78 Å². The Morgan fingerprint density at radius 2 is 1.95 bits per heavy atom. The molecule has 2 aliphatic heterocycles. The Kier molecular flexibility index (Phi) is 6.42. The van der Waals surface area contributed by atoms with Crippen molar-refractivity contribution in [3.63, 3.8) is 0 Å². The summed E-state index contributed by atoms with van der Waals surface area (Å²) >= 11 is 3.37. The second-order valence-electron chi connectivity index (χ2n) is 12.2. The number of piperidine rings is 1.